The van der Waals surface area contributed by atoms with Gasteiger partial charge in [0.25, 0.3) is 5.56 Å². The molecular formula is C18H27N3O3S. The Kier molecular flexibility index (Phi) is 6.53. The van der Waals surface area contributed by atoms with E-state index < -0.39 is 0 Å². The highest BCUT2D eigenvalue weighted by Crippen LogP contribution is 2.49. The van der Waals surface area contributed by atoms with E-state index >= 15 is 0 Å². The monoisotopic (exact) mass is 365 g/mol. The fraction of sp³-hybridized carbons (Fsp3) is 0.722. The lowest BCUT2D eigenvalue weighted by Crippen LogP contribution is -2.28. The van der Waals surface area contributed by atoms with Gasteiger partial charge in [-0.25, -0.2) is 10.5 Å². The van der Waals surface area contributed by atoms with Crippen molar-refractivity contribution in [3.8, 4) is 0 Å². The van der Waals surface area contributed by atoms with E-state index in [9.17, 15) is 9.59 Å². The predicted molar refractivity (Wildman–Crippen MR) is 97.0 cm³/mol. The van der Waals surface area contributed by atoms with Gasteiger partial charge < -0.3 is 0 Å². The SMILES string of the molecule is O=C(CCCCCCCn1cnc2c(c1=O)C1CCCCC1S2)NO. The van der Waals surface area contributed by atoms with Crippen LogP contribution in [0, 0.1) is 0 Å². The average molecular weight is 365 g/mol. The molecular weight excluding hydrogens is 338 g/mol. The van der Waals surface area contributed by atoms with Gasteiger partial charge in [-0.05, 0) is 25.7 Å². The number of nitrogens with one attached hydrogen (secondary N) is 1. The molecule has 0 radical (unpaired) electrons. The van der Waals surface area contributed by atoms with E-state index in [2.05, 4.69) is 4.98 Å². The number of carbonyl (C=O) groups excluding carboxylic acids is 1. The van der Waals surface area contributed by atoms with Crippen molar-refractivity contribution >= 4 is 17.7 Å². The maximum absolute atomic E-state index is 12.8. The van der Waals surface area contributed by atoms with Crippen molar-refractivity contribution in [2.75, 3.05) is 0 Å². The maximum atomic E-state index is 12.8. The van der Waals surface area contributed by atoms with Crippen LogP contribution in [-0.2, 0) is 11.3 Å². The highest BCUT2D eigenvalue weighted by atomic mass is 32.2. The molecule has 1 aromatic heterocycles. The molecule has 1 aliphatic carbocycles. The van der Waals surface area contributed by atoms with E-state index in [0.29, 0.717) is 17.6 Å². The number of aromatic nitrogens is 2. The largest absolute Gasteiger partial charge is 0.299 e. The molecule has 2 atom stereocenters. The number of unbranched alkanes of at least 4 members (excludes halogenated alkanes) is 4. The van der Waals surface area contributed by atoms with Crippen LogP contribution >= 0.6 is 11.8 Å². The van der Waals surface area contributed by atoms with Crippen molar-refractivity contribution in [3.05, 3.63) is 22.2 Å². The molecule has 0 bridgehead atoms. The number of hydroxylamine groups is 1. The quantitative estimate of drug-likeness (QED) is 0.320. The van der Waals surface area contributed by atoms with Crippen molar-refractivity contribution in [2.24, 2.45) is 0 Å². The Hall–Kier alpha value is -1.34. The summed E-state index contributed by atoms with van der Waals surface area (Å²) in [4.78, 5) is 28.3. The summed E-state index contributed by atoms with van der Waals surface area (Å²) in [5, 5.41) is 9.97. The van der Waals surface area contributed by atoms with Crippen LogP contribution in [0.1, 0.15) is 75.7 Å². The molecule has 2 N–H and O–H groups in total. The fourth-order valence-electron chi connectivity index (χ4n) is 3.93. The van der Waals surface area contributed by atoms with Gasteiger partial charge in [0.2, 0.25) is 5.91 Å². The number of hydrogen-bond acceptors (Lipinski definition) is 5. The molecule has 1 aliphatic heterocycles. The van der Waals surface area contributed by atoms with Crippen LogP contribution in [0.3, 0.4) is 0 Å². The van der Waals surface area contributed by atoms with E-state index in [-0.39, 0.29) is 11.5 Å². The zero-order valence-electron chi connectivity index (χ0n) is 14.6. The van der Waals surface area contributed by atoms with E-state index in [0.717, 1.165) is 55.7 Å². The second-order valence-electron chi connectivity index (χ2n) is 7.06. The summed E-state index contributed by atoms with van der Waals surface area (Å²) in [7, 11) is 0. The normalized spacial score (nSPS) is 21.6. The zero-order valence-corrected chi connectivity index (χ0v) is 15.4. The predicted octanol–water partition coefficient (Wildman–Crippen LogP) is 3.22. The highest BCUT2D eigenvalue weighted by Gasteiger charge is 2.38. The van der Waals surface area contributed by atoms with Crippen molar-refractivity contribution in [1.82, 2.24) is 15.0 Å². The third-order valence-electron chi connectivity index (χ3n) is 5.30. The van der Waals surface area contributed by atoms with E-state index in [1.165, 1.54) is 19.3 Å². The molecule has 1 aromatic rings. The molecule has 2 unspecified atom stereocenters. The van der Waals surface area contributed by atoms with Gasteiger partial charge in [0.1, 0.15) is 5.03 Å². The Labute approximate surface area is 152 Å². The van der Waals surface area contributed by atoms with Gasteiger partial charge in [0.15, 0.2) is 0 Å². The van der Waals surface area contributed by atoms with Crippen LogP contribution in [0.15, 0.2) is 16.1 Å². The number of hydrogen-bond donors (Lipinski definition) is 2. The standard InChI is InChI=1S/C18H27N3O3S/c22-15(20-24)10-4-2-1-3-7-11-21-12-19-17-16(18(21)23)13-8-5-6-9-14(13)25-17/h12-14,24H,1-11H2,(H,20,22). The molecule has 25 heavy (non-hydrogen) atoms. The Balaban J connectivity index is 1.47. The number of amides is 1. The first-order chi connectivity index (χ1) is 12.2. The van der Waals surface area contributed by atoms with E-state index in [4.69, 9.17) is 5.21 Å². The molecule has 0 spiro atoms. The van der Waals surface area contributed by atoms with Crippen LogP contribution in [0.4, 0.5) is 0 Å². The molecule has 1 amide bonds. The lowest BCUT2D eigenvalue weighted by Gasteiger charge is -2.23. The van der Waals surface area contributed by atoms with Gasteiger partial charge in [-0.1, -0.05) is 32.1 Å². The number of nitrogens with zero attached hydrogens (tertiary/aromatic N) is 2. The van der Waals surface area contributed by atoms with Crippen LogP contribution < -0.4 is 11.0 Å². The Morgan fingerprint density at radius 3 is 2.84 bits per heavy atom. The van der Waals surface area contributed by atoms with Crippen molar-refractivity contribution in [3.63, 3.8) is 0 Å². The van der Waals surface area contributed by atoms with Gasteiger partial charge >= 0.3 is 0 Å². The number of thioether (sulfide) groups is 1. The van der Waals surface area contributed by atoms with Crippen molar-refractivity contribution in [1.29, 1.82) is 0 Å². The molecule has 0 saturated heterocycles. The van der Waals surface area contributed by atoms with Gasteiger partial charge in [0, 0.05) is 24.1 Å². The van der Waals surface area contributed by atoms with Gasteiger partial charge in [0.05, 0.1) is 11.9 Å². The zero-order chi connectivity index (χ0) is 17.6. The minimum atomic E-state index is -0.324. The van der Waals surface area contributed by atoms with E-state index in [1.54, 1.807) is 16.4 Å². The Bertz CT molecular complexity index is 661. The average Bonchev–Trinajstić information content (AvgIpc) is 3.01. The fourth-order valence-corrected chi connectivity index (χ4v) is 5.41. The van der Waals surface area contributed by atoms with E-state index in [1.807, 2.05) is 11.8 Å². The van der Waals surface area contributed by atoms with Crippen LogP contribution in [0.25, 0.3) is 0 Å². The molecule has 2 aliphatic rings. The maximum Gasteiger partial charge on any atom is 0.257 e. The number of carbonyl (C=O) groups is 1. The molecule has 0 aromatic carbocycles. The number of rotatable bonds is 8. The lowest BCUT2D eigenvalue weighted by atomic mass is 9.85. The first-order valence-corrected chi connectivity index (χ1v) is 10.3. The van der Waals surface area contributed by atoms with Crippen LogP contribution in [-0.4, -0.2) is 25.9 Å². The second kappa shape index (κ2) is 8.85. The lowest BCUT2D eigenvalue weighted by molar-refractivity contribution is -0.129. The smallest absolute Gasteiger partial charge is 0.257 e. The third kappa shape index (κ3) is 4.44. The summed E-state index contributed by atoms with van der Waals surface area (Å²) >= 11 is 1.81. The topological polar surface area (TPSA) is 84.2 Å². The number of aryl methyl sites for hydroxylation is 1. The summed E-state index contributed by atoms with van der Waals surface area (Å²) in [6.45, 7) is 0.721. The van der Waals surface area contributed by atoms with Crippen LogP contribution in [0.2, 0.25) is 0 Å². The minimum Gasteiger partial charge on any atom is -0.299 e. The summed E-state index contributed by atoms with van der Waals surface area (Å²) in [6, 6.07) is 0. The molecule has 138 valence electrons. The number of fused-ring (bicyclic) bond motifs is 3. The molecule has 1 fully saturated rings. The van der Waals surface area contributed by atoms with Gasteiger partial charge in [-0.2, -0.15) is 0 Å². The summed E-state index contributed by atoms with van der Waals surface area (Å²) in [5.74, 6) is 0.0912. The Morgan fingerprint density at radius 2 is 2.00 bits per heavy atom. The molecule has 2 heterocycles. The first kappa shape index (κ1) is 18.5. The Morgan fingerprint density at radius 1 is 1.24 bits per heavy atom. The molecule has 3 rings (SSSR count). The summed E-state index contributed by atoms with van der Waals surface area (Å²) < 4.78 is 1.79. The molecule has 6 nitrogen and oxygen atoms in total. The highest BCUT2D eigenvalue weighted by molar-refractivity contribution is 8.00. The van der Waals surface area contributed by atoms with Gasteiger partial charge in [-0.15, -0.1) is 11.8 Å². The summed E-state index contributed by atoms with van der Waals surface area (Å²) in [5.41, 5.74) is 2.80. The third-order valence-corrected chi connectivity index (χ3v) is 6.72. The minimum absolute atomic E-state index is 0.173. The second-order valence-corrected chi connectivity index (χ2v) is 8.29. The van der Waals surface area contributed by atoms with Gasteiger partial charge in [-0.3, -0.25) is 19.4 Å². The van der Waals surface area contributed by atoms with Crippen molar-refractivity contribution < 1.29 is 10.0 Å². The van der Waals surface area contributed by atoms with Crippen molar-refractivity contribution in [2.45, 2.75) is 86.9 Å². The molecule has 7 heteroatoms. The first-order valence-electron chi connectivity index (χ1n) is 9.39. The van der Waals surface area contributed by atoms with Crippen LogP contribution in [0.5, 0.6) is 0 Å². The summed E-state index contributed by atoms with van der Waals surface area (Å²) in [6.07, 6.45) is 11.7. The molecule has 1 saturated carbocycles.